The molecule has 6 rings (SSSR count). The topological polar surface area (TPSA) is 142 Å². The van der Waals surface area contributed by atoms with Crippen molar-refractivity contribution in [2.75, 3.05) is 18.6 Å². The number of hydrogen-bond acceptors (Lipinski definition) is 7. The van der Waals surface area contributed by atoms with Crippen molar-refractivity contribution in [2.24, 2.45) is 29.1 Å². The number of hydrogen-bond donors (Lipinski definition) is 2. The number of amides is 4. The summed E-state index contributed by atoms with van der Waals surface area (Å²) in [5.74, 6) is -8.33. The number of rotatable bonds is 6. The largest absolute Gasteiger partial charge is 0.503 e. The Hall–Kier alpha value is -3.96. The van der Waals surface area contributed by atoms with Crippen molar-refractivity contribution < 1.29 is 43.3 Å². The van der Waals surface area contributed by atoms with Crippen LogP contribution in [-0.2, 0) is 24.0 Å². The summed E-state index contributed by atoms with van der Waals surface area (Å²) in [6.07, 6.45) is 1.65. The number of allylic oxidation sites excluding steroid dienone is 2. The van der Waals surface area contributed by atoms with E-state index in [0.29, 0.717) is 11.1 Å². The highest BCUT2D eigenvalue weighted by atomic mass is 35.5. The lowest BCUT2D eigenvalue weighted by molar-refractivity contribution is -0.142. The molecule has 1 saturated carbocycles. The van der Waals surface area contributed by atoms with Gasteiger partial charge in [0.1, 0.15) is 5.82 Å². The van der Waals surface area contributed by atoms with Crippen molar-refractivity contribution in [3.63, 3.8) is 0 Å². The molecule has 2 aromatic carbocycles. The second-order valence-electron chi connectivity index (χ2n) is 11.8. The van der Waals surface area contributed by atoms with Crippen molar-refractivity contribution in [1.82, 2.24) is 4.90 Å². The number of carboxylic acid groups (broad SMARTS) is 1. The Labute approximate surface area is 261 Å². The molecule has 4 aliphatic rings. The lowest BCUT2D eigenvalue weighted by Gasteiger charge is -2.49. The molecule has 2 heterocycles. The van der Waals surface area contributed by atoms with Crippen molar-refractivity contribution >= 4 is 58.5 Å². The molecular weight excluding hydrogens is 618 g/mol. The van der Waals surface area contributed by atoms with Gasteiger partial charge in [-0.1, -0.05) is 34.9 Å². The number of carbonyl (C=O) groups is 5. The van der Waals surface area contributed by atoms with Gasteiger partial charge in [0.25, 0.3) is 0 Å². The molecule has 230 valence electrons. The van der Waals surface area contributed by atoms with Crippen molar-refractivity contribution in [3.05, 3.63) is 63.4 Å². The minimum atomic E-state index is -1.42. The maximum absolute atomic E-state index is 14.4. The predicted molar refractivity (Wildman–Crippen MR) is 155 cm³/mol. The van der Waals surface area contributed by atoms with E-state index in [9.17, 15) is 38.6 Å². The van der Waals surface area contributed by atoms with Gasteiger partial charge in [-0.15, -0.1) is 0 Å². The molecular formula is C31H27Cl2FN2O8. The lowest BCUT2D eigenvalue weighted by atomic mass is 9.51. The summed E-state index contributed by atoms with van der Waals surface area (Å²) in [7, 11) is 1.34. The number of aromatic hydroxyl groups is 1. The fourth-order valence-corrected chi connectivity index (χ4v) is 8.07. The molecule has 10 nitrogen and oxygen atoms in total. The van der Waals surface area contributed by atoms with Crippen LogP contribution in [0.4, 0.5) is 10.1 Å². The van der Waals surface area contributed by atoms with Crippen LogP contribution in [0.3, 0.4) is 0 Å². The van der Waals surface area contributed by atoms with Crippen molar-refractivity contribution in [1.29, 1.82) is 0 Å². The Morgan fingerprint density at radius 1 is 1.07 bits per heavy atom. The number of benzene rings is 2. The second kappa shape index (κ2) is 10.6. The van der Waals surface area contributed by atoms with Gasteiger partial charge >= 0.3 is 5.97 Å². The van der Waals surface area contributed by atoms with E-state index in [1.54, 1.807) is 6.92 Å². The molecule has 4 amide bonds. The zero-order valence-electron chi connectivity index (χ0n) is 23.6. The number of halogens is 3. The Balaban J connectivity index is 1.51. The molecule has 2 aromatic rings. The first-order valence-corrected chi connectivity index (χ1v) is 14.7. The zero-order chi connectivity index (χ0) is 31.8. The standard InChI is InChI=1S/C31H27Cl2FN2O8/c1-31-18(28(41)36(30(31)43)14-3-6-21(34)19(32)11-14)12-17-15(25(31)13-9-20(33)26(39)22(10-13)44-2)4-5-16-24(17)29(42)35(27(16)40)8-7-23(37)38/h3-4,6,9-11,16-18,24-25,39H,5,7-8,12H2,1-2H3,(H,37,38)/t16-,17+,18-,24-,25-,31+/m0/s1. The molecule has 0 bridgehead atoms. The first-order valence-electron chi connectivity index (χ1n) is 14.0. The van der Waals surface area contributed by atoms with Gasteiger partial charge in [-0.3, -0.25) is 28.9 Å². The van der Waals surface area contributed by atoms with Gasteiger partial charge in [-0.05, 0) is 61.6 Å². The summed E-state index contributed by atoms with van der Waals surface area (Å²) in [5.41, 5.74) is -0.224. The summed E-state index contributed by atoms with van der Waals surface area (Å²) in [6, 6.07) is 6.56. The van der Waals surface area contributed by atoms with Crippen LogP contribution in [0.15, 0.2) is 42.0 Å². The third-order valence-electron chi connectivity index (χ3n) is 9.68. The minimum Gasteiger partial charge on any atom is -0.503 e. The number of carbonyl (C=O) groups excluding carboxylic acids is 4. The molecule has 44 heavy (non-hydrogen) atoms. The first kappa shape index (κ1) is 30.1. The van der Waals surface area contributed by atoms with Crippen LogP contribution < -0.4 is 9.64 Å². The molecule has 0 spiro atoms. The molecule has 2 saturated heterocycles. The van der Waals surface area contributed by atoms with Gasteiger partial charge in [-0.2, -0.15) is 0 Å². The highest BCUT2D eigenvalue weighted by Crippen LogP contribution is 2.64. The molecule has 2 aliphatic carbocycles. The summed E-state index contributed by atoms with van der Waals surface area (Å²) in [4.78, 5) is 68.8. The van der Waals surface area contributed by atoms with Gasteiger partial charge in [0.15, 0.2) is 11.5 Å². The molecule has 0 radical (unpaired) electrons. The number of fused-ring (bicyclic) bond motifs is 4. The highest BCUT2D eigenvalue weighted by Gasteiger charge is 2.67. The van der Waals surface area contributed by atoms with E-state index in [1.807, 2.05) is 6.08 Å². The summed E-state index contributed by atoms with van der Waals surface area (Å²) in [5, 5.41) is 19.3. The number of nitrogens with zero attached hydrogens (tertiary/aromatic N) is 2. The molecule has 0 aromatic heterocycles. The van der Waals surface area contributed by atoms with Crippen molar-refractivity contribution in [2.45, 2.75) is 32.1 Å². The van der Waals surface area contributed by atoms with E-state index in [-0.39, 0.29) is 46.6 Å². The SMILES string of the molecule is COc1cc([C@H]2C3=CC[C@@H]4C(=O)N(CCC(=O)O)C(=O)[C@@H]4[C@@H]3C[C@H]3C(=O)N(c4ccc(F)c(Cl)c4)C(=O)[C@@]23C)cc(Cl)c1O. The molecule has 6 atom stereocenters. The summed E-state index contributed by atoms with van der Waals surface area (Å²) in [6.45, 7) is 1.39. The van der Waals surface area contributed by atoms with E-state index in [4.69, 9.17) is 27.9 Å². The molecule has 2 aliphatic heterocycles. The highest BCUT2D eigenvalue weighted by molar-refractivity contribution is 6.32. The third kappa shape index (κ3) is 4.23. The van der Waals surface area contributed by atoms with Crippen molar-refractivity contribution in [3.8, 4) is 11.5 Å². The molecule has 2 N–H and O–H groups in total. The van der Waals surface area contributed by atoms with E-state index < -0.39 is 76.8 Å². The van der Waals surface area contributed by atoms with Gasteiger partial charge in [0.2, 0.25) is 23.6 Å². The van der Waals surface area contributed by atoms with E-state index in [2.05, 4.69) is 0 Å². The number of anilines is 1. The van der Waals surface area contributed by atoms with Crippen LogP contribution in [0, 0.1) is 34.9 Å². The van der Waals surface area contributed by atoms with Crippen LogP contribution in [0.1, 0.15) is 37.7 Å². The van der Waals surface area contributed by atoms with Crippen LogP contribution in [0.2, 0.25) is 10.0 Å². The number of ether oxygens (including phenoxy) is 1. The zero-order valence-corrected chi connectivity index (χ0v) is 25.1. The Morgan fingerprint density at radius 2 is 1.80 bits per heavy atom. The van der Waals surface area contributed by atoms with Gasteiger partial charge in [0, 0.05) is 12.5 Å². The average Bonchev–Trinajstić information content (AvgIpc) is 3.34. The minimum absolute atomic E-state index is 0.0370. The van der Waals surface area contributed by atoms with Gasteiger partial charge in [-0.25, -0.2) is 9.29 Å². The Morgan fingerprint density at radius 3 is 2.45 bits per heavy atom. The van der Waals surface area contributed by atoms with E-state index >= 15 is 0 Å². The fourth-order valence-electron chi connectivity index (χ4n) is 7.67. The molecule has 13 heteroatoms. The number of methoxy groups -OCH3 is 1. The fraction of sp³-hybridized carbons (Fsp3) is 0.387. The smallest absolute Gasteiger partial charge is 0.305 e. The third-order valence-corrected chi connectivity index (χ3v) is 10.3. The van der Waals surface area contributed by atoms with E-state index in [1.165, 1.54) is 31.4 Å². The number of aliphatic carboxylic acids is 1. The summed E-state index contributed by atoms with van der Waals surface area (Å²) < 4.78 is 19.4. The summed E-state index contributed by atoms with van der Waals surface area (Å²) >= 11 is 12.4. The maximum Gasteiger partial charge on any atom is 0.305 e. The van der Waals surface area contributed by atoms with E-state index in [0.717, 1.165) is 15.9 Å². The molecule has 0 unspecified atom stereocenters. The number of phenolic OH excluding ortho intramolecular Hbond substituents is 1. The van der Waals surface area contributed by atoms with Crippen LogP contribution in [0.5, 0.6) is 11.5 Å². The van der Waals surface area contributed by atoms with Crippen LogP contribution in [0.25, 0.3) is 0 Å². The first-order chi connectivity index (χ1) is 20.8. The van der Waals surface area contributed by atoms with Crippen LogP contribution >= 0.6 is 23.2 Å². The lowest BCUT2D eigenvalue weighted by Crippen LogP contribution is -2.48. The normalized spacial score (nSPS) is 29.4. The monoisotopic (exact) mass is 644 g/mol. The quantitative estimate of drug-likeness (QED) is 0.345. The second-order valence-corrected chi connectivity index (χ2v) is 12.6. The Kier molecular flexibility index (Phi) is 7.24. The molecule has 3 fully saturated rings. The number of imide groups is 2. The number of phenols is 1. The van der Waals surface area contributed by atoms with Gasteiger partial charge < -0.3 is 14.9 Å². The number of carboxylic acids is 1. The average molecular weight is 645 g/mol. The number of likely N-dealkylation sites (tertiary alicyclic amines) is 1. The predicted octanol–water partition coefficient (Wildman–Crippen LogP) is 4.55. The maximum atomic E-state index is 14.4. The van der Waals surface area contributed by atoms with Crippen LogP contribution in [-0.4, -0.2) is 58.4 Å². The Bertz CT molecular complexity index is 1690. The van der Waals surface area contributed by atoms with Gasteiger partial charge in [0.05, 0.1) is 52.4 Å².